The summed E-state index contributed by atoms with van der Waals surface area (Å²) in [6.07, 6.45) is 0. The maximum absolute atomic E-state index is 3.89. The lowest BCUT2D eigenvalue weighted by atomic mass is 9.92. The summed E-state index contributed by atoms with van der Waals surface area (Å²) in [5.41, 5.74) is 13.2. The summed E-state index contributed by atoms with van der Waals surface area (Å²) in [6.45, 7) is 11.1. The highest BCUT2D eigenvalue weighted by Crippen LogP contribution is 2.45. The van der Waals surface area contributed by atoms with Gasteiger partial charge in [0, 0.05) is 5.69 Å². The van der Waals surface area contributed by atoms with E-state index in [-0.39, 0.29) is 6.04 Å². The number of benzene rings is 3. The molecule has 29 heavy (non-hydrogen) atoms. The molecule has 1 heteroatoms. The minimum absolute atomic E-state index is 0.195. The number of nitrogens with one attached hydrogen (secondary N) is 1. The van der Waals surface area contributed by atoms with E-state index < -0.39 is 0 Å². The second-order valence-corrected chi connectivity index (χ2v) is 8.20. The molecule has 0 atom stereocenters. The molecule has 0 unspecified atom stereocenters. The Balaban J connectivity index is 1.87. The van der Waals surface area contributed by atoms with Crippen molar-refractivity contribution in [1.29, 1.82) is 0 Å². The Hall–Kier alpha value is -3.06. The van der Waals surface area contributed by atoms with E-state index >= 15 is 0 Å². The molecule has 0 spiro atoms. The first kappa shape index (κ1) is 19.3. The Labute approximate surface area is 174 Å². The minimum atomic E-state index is 0.195. The molecule has 1 aliphatic rings. The van der Waals surface area contributed by atoms with Crippen LogP contribution < -0.4 is 5.32 Å². The van der Waals surface area contributed by atoms with Crippen molar-refractivity contribution in [3.63, 3.8) is 0 Å². The summed E-state index contributed by atoms with van der Waals surface area (Å²) in [5.74, 6) is 0. The highest BCUT2D eigenvalue weighted by Gasteiger charge is 2.30. The first-order valence-electron chi connectivity index (χ1n) is 10.3. The minimum Gasteiger partial charge on any atom is -0.374 e. The molecule has 0 saturated heterocycles. The van der Waals surface area contributed by atoms with Crippen LogP contribution >= 0.6 is 0 Å². The predicted octanol–water partition coefficient (Wildman–Crippen LogP) is 7.35. The van der Waals surface area contributed by atoms with Gasteiger partial charge in [-0.2, -0.15) is 0 Å². The van der Waals surface area contributed by atoms with Crippen LogP contribution in [-0.2, 0) is 0 Å². The van der Waals surface area contributed by atoms with E-state index in [2.05, 4.69) is 113 Å². The normalized spacial score (nSPS) is 14.7. The van der Waals surface area contributed by atoms with Gasteiger partial charge in [-0.3, -0.25) is 0 Å². The average Bonchev–Trinajstić information content (AvgIpc) is 2.96. The third-order valence-corrected chi connectivity index (χ3v) is 6.00. The average molecular weight is 380 g/mol. The molecule has 1 aliphatic carbocycles. The standard InChI is InChI=1S/C28H29N/c1-18-16-19(2)27(20(3)17-18)29-28-21(4)25(23-12-8-6-9-13-23)26(22(28)5)24-14-10-7-11-15-24/h6-17,28-29H,1-5H3. The van der Waals surface area contributed by atoms with Crippen molar-refractivity contribution >= 4 is 16.8 Å². The molecule has 0 bridgehead atoms. The van der Waals surface area contributed by atoms with Crippen molar-refractivity contribution in [3.8, 4) is 0 Å². The second kappa shape index (κ2) is 7.75. The van der Waals surface area contributed by atoms with E-state index in [1.54, 1.807) is 0 Å². The van der Waals surface area contributed by atoms with Gasteiger partial charge in [-0.25, -0.2) is 0 Å². The Morgan fingerprint density at radius 1 is 0.586 bits per heavy atom. The zero-order chi connectivity index (χ0) is 20.5. The van der Waals surface area contributed by atoms with Gasteiger partial charge in [0.1, 0.15) is 0 Å². The van der Waals surface area contributed by atoms with Crippen LogP contribution in [0.25, 0.3) is 11.1 Å². The summed E-state index contributed by atoms with van der Waals surface area (Å²) in [6, 6.07) is 26.3. The van der Waals surface area contributed by atoms with Crippen LogP contribution in [0.1, 0.15) is 41.7 Å². The molecule has 146 valence electrons. The van der Waals surface area contributed by atoms with Crippen molar-refractivity contribution in [2.45, 2.75) is 40.7 Å². The zero-order valence-electron chi connectivity index (χ0n) is 18.0. The summed E-state index contributed by atoms with van der Waals surface area (Å²) in [4.78, 5) is 0. The Kier molecular flexibility index (Phi) is 5.15. The van der Waals surface area contributed by atoms with E-state index in [0.717, 1.165) is 0 Å². The number of aryl methyl sites for hydroxylation is 3. The van der Waals surface area contributed by atoms with Crippen molar-refractivity contribution in [3.05, 3.63) is 112 Å². The summed E-state index contributed by atoms with van der Waals surface area (Å²) < 4.78 is 0. The van der Waals surface area contributed by atoms with Crippen LogP contribution in [0.15, 0.2) is 83.9 Å². The van der Waals surface area contributed by atoms with Crippen LogP contribution in [0, 0.1) is 20.8 Å². The molecule has 4 rings (SSSR count). The highest BCUT2D eigenvalue weighted by atomic mass is 14.9. The van der Waals surface area contributed by atoms with Gasteiger partial charge in [0.05, 0.1) is 6.04 Å². The fraction of sp³-hybridized carbons (Fsp3) is 0.214. The lowest BCUT2D eigenvalue weighted by Crippen LogP contribution is -2.21. The van der Waals surface area contributed by atoms with E-state index in [1.807, 2.05) is 0 Å². The van der Waals surface area contributed by atoms with E-state index in [1.165, 1.54) is 55.8 Å². The van der Waals surface area contributed by atoms with E-state index in [0.29, 0.717) is 0 Å². The lowest BCUT2D eigenvalue weighted by Gasteiger charge is -2.22. The van der Waals surface area contributed by atoms with Gasteiger partial charge in [-0.15, -0.1) is 0 Å². The number of anilines is 1. The highest BCUT2D eigenvalue weighted by molar-refractivity contribution is 6.11. The van der Waals surface area contributed by atoms with Gasteiger partial charge in [0.15, 0.2) is 0 Å². The number of rotatable bonds is 4. The van der Waals surface area contributed by atoms with Crippen LogP contribution in [0.5, 0.6) is 0 Å². The SMILES string of the molecule is CC1=C(c2ccccc2)C(c2ccccc2)=C(C)C1Nc1c(C)cc(C)cc1C. The first-order valence-corrected chi connectivity index (χ1v) is 10.3. The smallest absolute Gasteiger partial charge is 0.0700 e. The largest absolute Gasteiger partial charge is 0.374 e. The van der Waals surface area contributed by atoms with Gasteiger partial charge < -0.3 is 5.32 Å². The van der Waals surface area contributed by atoms with Crippen LogP contribution in [-0.4, -0.2) is 6.04 Å². The lowest BCUT2D eigenvalue weighted by molar-refractivity contribution is 0.967. The van der Waals surface area contributed by atoms with Crippen LogP contribution in [0.3, 0.4) is 0 Å². The molecule has 1 N–H and O–H groups in total. The van der Waals surface area contributed by atoms with Crippen molar-refractivity contribution in [1.82, 2.24) is 0 Å². The third-order valence-electron chi connectivity index (χ3n) is 6.00. The molecule has 0 radical (unpaired) electrons. The third kappa shape index (κ3) is 3.53. The van der Waals surface area contributed by atoms with Gasteiger partial charge >= 0.3 is 0 Å². The molecular formula is C28H29N. The van der Waals surface area contributed by atoms with E-state index in [4.69, 9.17) is 0 Å². The summed E-state index contributed by atoms with van der Waals surface area (Å²) in [5, 5.41) is 3.89. The second-order valence-electron chi connectivity index (χ2n) is 8.20. The number of hydrogen-bond acceptors (Lipinski definition) is 1. The molecular weight excluding hydrogens is 350 g/mol. The monoisotopic (exact) mass is 379 g/mol. The molecule has 1 nitrogen and oxygen atoms in total. The number of hydrogen-bond donors (Lipinski definition) is 1. The van der Waals surface area contributed by atoms with Crippen molar-refractivity contribution < 1.29 is 0 Å². The Morgan fingerprint density at radius 3 is 1.41 bits per heavy atom. The van der Waals surface area contributed by atoms with Crippen molar-refractivity contribution in [2.24, 2.45) is 0 Å². The van der Waals surface area contributed by atoms with Gasteiger partial charge in [-0.05, 0) is 79.2 Å². The van der Waals surface area contributed by atoms with Crippen LogP contribution in [0.2, 0.25) is 0 Å². The van der Waals surface area contributed by atoms with Crippen LogP contribution in [0.4, 0.5) is 5.69 Å². The number of allylic oxidation sites excluding steroid dienone is 2. The fourth-order valence-electron chi connectivity index (χ4n) is 4.73. The van der Waals surface area contributed by atoms with Gasteiger partial charge in [0.2, 0.25) is 0 Å². The molecule has 0 fully saturated rings. The molecule has 3 aromatic carbocycles. The molecule has 0 saturated carbocycles. The molecule has 0 aromatic heterocycles. The Bertz CT molecular complexity index is 1020. The van der Waals surface area contributed by atoms with Crippen molar-refractivity contribution in [2.75, 3.05) is 5.32 Å². The Morgan fingerprint density at radius 2 is 1.00 bits per heavy atom. The predicted molar refractivity (Wildman–Crippen MR) is 126 cm³/mol. The molecule has 0 amide bonds. The molecule has 0 aliphatic heterocycles. The fourth-order valence-corrected chi connectivity index (χ4v) is 4.73. The summed E-state index contributed by atoms with van der Waals surface area (Å²) in [7, 11) is 0. The van der Waals surface area contributed by atoms with E-state index in [9.17, 15) is 0 Å². The van der Waals surface area contributed by atoms with Gasteiger partial charge in [-0.1, -0.05) is 78.4 Å². The molecule has 0 heterocycles. The van der Waals surface area contributed by atoms with Gasteiger partial charge in [0.25, 0.3) is 0 Å². The zero-order valence-corrected chi connectivity index (χ0v) is 18.0. The molecule has 3 aromatic rings. The quantitative estimate of drug-likeness (QED) is 0.499. The summed E-state index contributed by atoms with van der Waals surface area (Å²) >= 11 is 0. The maximum Gasteiger partial charge on any atom is 0.0700 e. The first-order chi connectivity index (χ1) is 14.0. The topological polar surface area (TPSA) is 12.0 Å². The maximum atomic E-state index is 3.89.